The largest absolute Gasteiger partial charge is 0.401 e. The molecular formula is C12H23F3N2. The lowest BCUT2D eigenvalue weighted by molar-refractivity contribution is -0.125. The SMILES string of the molecule is CCC1CCCN(C(C)CNCC(F)(F)F)C1. The number of likely N-dealkylation sites (tertiary alicyclic amines) is 1. The molecule has 1 rings (SSSR count). The molecule has 0 bridgehead atoms. The predicted molar refractivity (Wildman–Crippen MR) is 63.0 cm³/mol. The van der Waals surface area contributed by atoms with Gasteiger partial charge in [-0.3, -0.25) is 4.90 Å². The zero-order chi connectivity index (χ0) is 12.9. The van der Waals surface area contributed by atoms with Crippen molar-refractivity contribution in [3.63, 3.8) is 0 Å². The molecule has 5 heteroatoms. The van der Waals surface area contributed by atoms with Crippen LogP contribution in [0.15, 0.2) is 0 Å². The summed E-state index contributed by atoms with van der Waals surface area (Å²) < 4.78 is 36.0. The van der Waals surface area contributed by atoms with E-state index < -0.39 is 12.7 Å². The molecular weight excluding hydrogens is 229 g/mol. The third-order valence-electron chi connectivity index (χ3n) is 3.52. The van der Waals surface area contributed by atoms with Gasteiger partial charge in [-0.05, 0) is 32.2 Å². The number of hydrogen-bond acceptors (Lipinski definition) is 2. The van der Waals surface area contributed by atoms with E-state index in [2.05, 4.69) is 17.1 Å². The summed E-state index contributed by atoms with van der Waals surface area (Å²) in [7, 11) is 0. The van der Waals surface area contributed by atoms with Gasteiger partial charge < -0.3 is 5.32 Å². The average Bonchev–Trinajstić information content (AvgIpc) is 2.27. The number of rotatable bonds is 5. The summed E-state index contributed by atoms with van der Waals surface area (Å²) in [6.45, 7) is 5.76. The average molecular weight is 252 g/mol. The van der Waals surface area contributed by atoms with E-state index in [1.807, 2.05) is 6.92 Å². The summed E-state index contributed by atoms with van der Waals surface area (Å²) >= 11 is 0. The molecule has 0 saturated carbocycles. The van der Waals surface area contributed by atoms with E-state index in [0.717, 1.165) is 13.1 Å². The Bertz CT molecular complexity index is 218. The summed E-state index contributed by atoms with van der Waals surface area (Å²) in [5.41, 5.74) is 0. The van der Waals surface area contributed by atoms with Crippen LogP contribution in [-0.4, -0.2) is 43.3 Å². The Balaban J connectivity index is 2.24. The maximum Gasteiger partial charge on any atom is 0.401 e. The van der Waals surface area contributed by atoms with Crippen LogP contribution in [0.25, 0.3) is 0 Å². The first-order valence-electron chi connectivity index (χ1n) is 6.44. The zero-order valence-corrected chi connectivity index (χ0v) is 10.7. The van der Waals surface area contributed by atoms with E-state index in [-0.39, 0.29) is 6.04 Å². The quantitative estimate of drug-likeness (QED) is 0.809. The van der Waals surface area contributed by atoms with Gasteiger partial charge in [-0.25, -0.2) is 0 Å². The monoisotopic (exact) mass is 252 g/mol. The first kappa shape index (κ1) is 14.8. The third kappa shape index (κ3) is 5.73. The van der Waals surface area contributed by atoms with Gasteiger partial charge in [0.1, 0.15) is 0 Å². The van der Waals surface area contributed by atoms with Crippen molar-refractivity contribution in [3.8, 4) is 0 Å². The maximum absolute atomic E-state index is 12.0. The number of nitrogens with one attached hydrogen (secondary N) is 1. The molecule has 0 aromatic carbocycles. The summed E-state index contributed by atoms with van der Waals surface area (Å²) in [4.78, 5) is 2.31. The molecule has 2 atom stereocenters. The highest BCUT2D eigenvalue weighted by Gasteiger charge is 2.27. The van der Waals surface area contributed by atoms with Crippen LogP contribution < -0.4 is 5.32 Å². The Morgan fingerprint density at radius 1 is 1.41 bits per heavy atom. The number of hydrogen-bond donors (Lipinski definition) is 1. The second-order valence-corrected chi connectivity index (χ2v) is 5.01. The minimum atomic E-state index is -4.10. The van der Waals surface area contributed by atoms with Crippen LogP contribution in [-0.2, 0) is 0 Å². The highest BCUT2D eigenvalue weighted by atomic mass is 19.4. The third-order valence-corrected chi connectivity index (χ3v) is 3.52. The molecule has 1 aliphatic rings. The molecule has 1 aliphatic heterocycles. The molecule has 0 amide bonds. The van der Waals surface area contributed by atoms with Gasteiger partial charge >= 0.3 is 6.18 Å². The van der Waals surface area contributed by atoms with Crippen LogP contribution in [0, 0.1) is 5.92 Å². The fourth-order valence-electron chi connectivity index (χ4n) is 2.38. The topological polar surface area (TPSA) is 15.3 Å². The number of alkyl halides is 3. The second kappa shape index (κ2) is 6.59. The minimum Gasteiger partial charge on any atom is -0.307 e. The summed E-state index contributed by atoms with van der Waals surface area (Å²) in [6.07, 6.45) is -0.509. The van der Waals surface area contributed by atoms with Crippen LogP contribution in [0.2, 0.25) is 0 Å². The summed E-state index contributed by atoms with van der Waals surface area (Å²) in [5.74, 6) is 0.716. The first-order valence-corrected chi connectivity index (χ1v) is 6.44. The smallest absolute Gasteiger partial charge is 0.307 e. The lowest BCUT2D eigenvalue weighted by Crippen LogP contribution is -2.46. The van der Waals surface area contributed by atoms with E-state index in [1.165, 1.54) is 19.3 Å². The first-order chi connectivity index (χ1) is 7.92. The van der Waals surface area contributed by atoms with Crippen molar-refractivity contribution in [2.75, 3.05) is 26.2 Å². The summed E-state index contributed by atoms with van der Waals surface area (Å²) in [6, 6.07) is 0.187. The van der Waals surface area contributed by atoms with Crippen molar-refractivity contribution in [1.82, 2.24) is 10.2 Å². The van der Waals surface area contributed by atoms with E-state index in [9.17, 15) is 13.2 Å². The van der Waals surface area contributed by atoms with Crippen molar-refractivity contribution in [2.45, 2.75) is 45.3 Å². The van der Waals surface area contributed by atoms with E-state index >= 15 is 0 Å². The predicted octanol–water partition coefficient (Wildman–Crippen LogP) is 2.65. The Morgan fingerprint density at radius 3 is 2.71 bits per heavy atom. The highest BCUT2D eigenvalue weighted by molar-refractivity contribution is 4.77. The fourth-order valence-corrected chi connectivity index (χ4v) is 2.38. The van der Waals surface area contributed by atoms with E-state index in [1.54, 1.807) is 0 Å². The Hall–Kier alpha value is -0.290. The molecule has 17 heavy (non-hydrogen) atoms. The molecule has 0 aliphatic carbocycles. The Labute approximate surface area is 102 Å². The van der Waals surface area contributed by atoms with Crippen molar-refractivity contribution in [3.05, 3.63) is 0 Å². The van der Waals surface area contributed by atoms with E-state index in [4.69, 9.17) is 0 Å². The van der Waals surface area contributed by atoms with Gasteiger partial charge in [-0.2, -0.15) is 13.2 Å². The van der Waals surface area contributed by atoms with Gasteiger partial charge in [-0.1, -0.05) is 13.3 Å². The Morgan fingerprint density at radius 2 is 2.12 bits per heavy atom. The molecule has 0 spiro atoms. The molecule has 102 valence electrons. The molecule has 1 fully saturated rings. The molecule has 1 saturated heterocycles. The number of nitrogens with zero attached hydrogens (tertiary/aromatic N) is 1. The van der Waals surface area contributed by atoms with Crippen molar-refractivity contribution in [1.29, 1.82) is 0 Å². The van der Waals surface area contributed by atoms with Gasteiger partial charge in [-0.15, -0.1) is 0 Å². The van der Waals surface area contributed by atoms with Crippen LogP contribution in [0.4, 0.5) is 13.2 Å². The molecule has 2 unspecified atom stereocenters. The highest BCUT2D eigenvalue weighted by Crippen LogP contribution is 2.20. The second-order valence-electron chi connectivity index (χ2n) is 5.01. The zero-order valence-electron chi connectivity index (χ0n) is 10.7. The fraction of sp³-hybridized carbons (Fsp3) is 1.00. The van der Waals surface area contributed by atoms with E-state index in [0.29, 0.717) is 12.5 Å². The molecule has 2 nitrogen and oxygen atoms in total. The van der Waals surface area contributed by atoms with Crippen molar-refractivity contribution >= 4 is 0 Å². The van der Waals surface area contributed by atoms with Crippen LogP contribution in [0.1, 0.15) is 33.1 Å². The van der Waals surface area contributed by atoms with Gasteiger partial charge in [0, 0.05) is 19.1 Å². The van der Waals surface area contributed by atoms with Crippen LogP contribution in [0.5, 0.6) is 0 Å². The molecule has 0 aromatic rings. The van der Waals surface area contributed by atoms with Gasteiger partial charge in [0.2, 0.25) is 0 Å². The molecule has 0 radical (unpaired) electrons. The van der Waals surface area contributed by atoms with Crippen LogP contribution >= 0.6 is 0 Å². The lowest BCUT2D eigenvalue weighted by atomic mass is 9.95. The van der Waals surface area contributed by atoms with Gasteiger partial charge in [0.05, 0.1) is 6.54 Å². The van der Waals surface area contributed by atoms with Gasteiger partial charge in [0.15, 0.2) is 0 Å². The summed E-state index contributed by atoms with van der Waals surface area (Å²) in [5, 5.41) is 2.49. The van der Waals surface area contributed by atoms with Crippen molar-refractivity contribution < 1.29 is 13.2 Å². The maximum atomic E-state index is 12.0. The van der Waals surface area contributed by atoms with Crippen molar-refractivity contribution in [2.24, 2.45) is 5.92 Å². The van der Waals surface area contributed by atoms with Crippen LogP contribution in [0.3, 0.4) is 0 Å². The lowest BCUT2D eigenvalue weighted by Gasteiger charge is -2.36. The Kier molecular flexibility index (Phi) is 5.73. The number of piperidine rings is 1. The number of halogens is 3. The normalized spacial score (nSPS) is 24.9. The molecule has 1 heterocycles. The van der Waals surface area contributed by atoms with Gasteiger partial charge in [0.25, 0.3) is 0 Å². The molecule has 1 N–H and O–H groups in total. The molecule has 0 aromatic heterocycles. The standard InChI is InChI=1S/C12H23F3N2/c1-3-11-5-4-6-17(8-11)10(2)7-16-9-12(13,14)15/h10-11,16H,3-9H2,1-2H3. The minimum absolute atomic E-state index is 0.187.